The topological polar surface area (TPSA) is 91.4 Å². The summed E-state index contributed by atoms with van der Waals surface area (Å²) in [5, 5.41) is 24.3. The van der Waals surface area contributed by atoms with Gasteiger partial charge in [0.15, 0.2) is 0 Å². The zero-order valence-corrected chi connectivity index (χ0v) is 16.8. The van der Waals surface area contributed by atoms with Crippen LogP contribution in [0.3, 0.4) is 0 Å². The van der Waals surface area contributed by atoms with Crippen LogP contribution in [0.15, 0.2) is 40.4 Å². The first-order valence-corrected chi connectivity index (χ1v) is 9.48. The number of benzene rings is 1. The highest BCUT2D eigenvalue weighted by molar-refractivity contribution is 6.02. The third-order valence-corrected chi connectivity index (χ3v) is 5.39. The second-order valence-electron chi connectivity index (χ2n) is 7.15. The highest BCUT2D eigenvalue weighted by atomic mass is 19.1. The quantitative estimate of drug-likeness (QED) is 0.620. The van der Waals surface area contributed by atoms with Gasteiger partial charge >= 0.3 is 0 Å². The lowest BCUT2D eigenvalue weighted by atomic mass is 10.2. The molecule has 7 nitrogen and oxygen atoms in total. The maximum absolute atomic E-state index is 13.6. The number of ether oxygens (including phenoxy) is 1. The molecule has 0 spiro atoms. The average molecular weight is 402 g/mol. The van der Waals surface area contributed by atoms with Crippen LogP contribution in [0.25, 0.3) is 0 Å². The van der Waals surface area contributed by atoms with E-state index >= 15 is 0 Å². The molecular weight excluding hydrogens is 375 g/mol. The maximum atomic E-state index is 13.6. The smallest absolute Gasteiger partial charge is 0.141 e. The van der Waals surface area contributed by atoms with Crippen molar-refractivity contribution < 1.29 is 19.3 Å². The lowest BCUT2D eigenvalue weighted by molar-refractivity contribution is -0.0167. The van der Waals surface area contributed by atoms with Gasteiger partial charge in [0.2, 0.25) is 0 Å². The molecule has 156 valence electrons. The number of aliphatic imine (C=N–C) groups is 2. The second kappa shape index (κ2) is 8.86. The molecule has 0 unspecified atom stereocenters. The number of nitrogens with one attached hydrogen (secondary N) is 1. The highest BCUT2D eigenvalue weighted by Gasteiger charge is 2.44. The molecule has 0 amide bonds. The summed E-state index contributed by atoms with van der Waals surface area (Å²) >= 11 is 0. The Morgan fingerprint density at radius 3 is 2.76 bits per heavy atom. The lowest BCUT2D eigenvalue weighted by Crippen LogP contribution is -2.34. The molecule has 0 radical (unpaired) electrons. The molecule has 29 heavy (non-hydrogen) atoms. The first-order valence-electron chi connectivity index (χ1n) is 9.48. The Morgan fingerprint density at radius 1 is 1.34 bits per heavy atom. The molecule has 1 aliphatic rings. The van der Waals surface area contributed by atoms with Crippen LogP contribution in [-0.4, -0.2) is 59.6 Å². The van der Waals surface area contributed by atoms with E-state index < -0.39 is 24.4 Å². The fourth-order valence-corrected chi connectivity index (χ4v) is 3.79. The molecular formula is C21H27FN4O3. The van der Waals surface area contributed by atoms with Crippen molar-refractivity contribution in [3.8, 4) is 5.75 Å². The highest BCUT2D eigenvalue weighted by Crippen LogP contribution is 2.38. The summed E-state index contributed by atoms with van der Waals surface area (Å²) in [6, 6.07) is 5.67. The fraction of sp³-hybridized carbons (Fsp3) is 0.429. The SMILES string of the molecule is C=Nc1c(/C(C)=N\C)ccn1[C@@H]1C[C@H](Oc2ccc(F)cc2CNC)[C@@H](O)[C@H]1O. The van der Waals surface area contributed by atoms with Crippen LogP contribution >= 0.6 is 0 Å². The molecule has 0 saturated heterocycles. The number of nitrogens with zero attached hydrogens (tertiary/aromatic N) is 3. The van der Waals surface area contributed by atoms with Gasteiger partial charge in [-0.2, -0.15) is 0 Å². The Hall–Kier alpha value is -2.55. The Balaban J connectivity index is 1.87. The molecule has 4 atom stereocenters. The van der Waals surface area contributed by atoms with Gasteiger partial charge in [-0.3, -0.25) is 4.99 Å². The number of aromatic nitrogens is 1. The molecule has 1 aromatic carbocycles. The Bertz CT molecular complexity index is 911. The number of halogens is 1. The summed E-state index contributed by atoms with van der Waals surface area (Å²) in [5.74, 6) is 0.700. The van der Waals surface area contributed by atoms with Gasteiger partial charge in [0.25, 0.3) is 0 Å². The summed E-state index contributed by atoms with van der Waals surface area (Å²) in [6.07, 6.45) is -0.635. The van der Waals surface area contributed by atoms with Crippen molar-refractivity contribution in [2.24, 2.45) is 9.98 Å². The summed E-state index contributed by atoms with van der Waals surface area (Å²) in [6.45, 7) is 5.93. The monoisotopic (exact) mass is 402 g/mol. The van der Waals surface area contributed by atoms with Gasteiger partial charge in [0, 0.05) is 43.0 Å². The van der Waals surface area contributed by atoms with Crippen molar-refractivity contribution in [3.05, 3.63) is 47.4 Å². The summed E-state index contributed by atoms with van der Waals surface area (Å²) in [5.41, 5.74) is 2.27. The van der Waals surface area contributed by atoms with Gasteiger partial charge in [0.1, 0.15) is 35.7 Å². The molecule has 0 aliphatic heterocycles. The molecule has 1 saturated carbocycles. The summed E-state index contributed by atoms with van der Waals surface area (Å²) in [7, 11) is 3.46. The molecule has 3 rings (SSSR count). The summed E-state index contributed by atoms with van der Waals surface area (Å²) in [4.78, 5) is 8.30. The zero-order valence-electron chi connectivity index (χ0n) is 16.8. The van der Waals surface area contributed by atoms with E-state index in [0.717, 1.165) is 11.3 Å². The van der Waals surface area contributed by atoms with E-state index in [-0.39, 0.29) is 5.82 Å². The predicted octanol–water partition coefficient (Wildman–Crippen LogP) is 2.23. The Kier molecular flexibility index (Phi) is 6.46. The van der Waals surface area contributed by atoms with Crippen LogP contribution in [0, 0.1) is 5.82 Å². The van der Waals surface area contributed by atoms with E-state index in [4.69, 9.17) is 4.74 Å². The van der Waals surface area contributed by atoms with Gasteiger partial charge in [-0.1, -0.05) is 0 Å². The van der Waals surface area contributed by atoms with Crippen LogP contribution in [0.2, 0.25) is 0 Å². The molecule has 8 heteroatoms. The van der Waals surface area contributed by atoms with Gasteiger partial charge in [-0.15, -0.1) is 0 Å². The second-order valence-corrected chi connectivity index (χ2v) is 7.15. The van der Waals surface area contributed by atoms with E-state index in [2.05, 4.69) is 22.0 Å². The minimum atomic E-state index is -1.10. The number of hydrogen-bond donors (Lipinski definition) is 3. The molecule has 0 bridgehead atoms. The Labute approximate surface area is 169 Å². The normalized spacial score (nSPS) is 24.7. The lowest BCUT2D eigenvalue weighted by Gasteiger charge is -2.20. The van der Waals surface area contributed by atoms with Gasteiger partial charge < -0.3 is 24.8 Å². The number of rotatable bonds is 7. The predicted molar refractivity (Wildman–Crippen MR) is 111 cm³/mol. The minimum absolute atomic E-state index is 0.359. The molecule has 1 aromatic heterocycles. The van der Waals surface area contributed by atoms with E-state index in [0.29, 0.717) is 30.1 Å². The van der Waals surface area contributed by atoms with Crippen molar-refractivity contribution in [1.82, 2.24) is 9.88 Å². The van der Waals surface area contributed by atoms with Crippen LogP contribution < -0.4 is 10.1 Å². The minimum Gasteiger partial charge on any atom is -0.487 e. The van der Waals surface area contributed by atoms with E-state index in [1.54, 1.807) is 30.9 Å². The molecule has 1 aliphatic carbocycles. The molecule has 1 fully saturated rings. The van der Waals surface area contributed by atoms with Crippen LogP contribution in [-0.2, 0) is 6.54 Å². The number of aliphatic hydroxyl groups excluding tert-OH is 2. The fourth-order valence-electron chi connectivity index (χ4n) is 3.79. The van der Waals surface area contributed by atoms with Crippen LogP contribution in [0.4, 0.5) is 10.2 Å². The van der Waals surface area contributed by atoms with E-state index in [1.165, 1.54) is 12.1 Å². The zero-order chi connectivity index (χ0) is 21.1. The van der Waals surface area contributed by atoms with E-state index in [1.807, 2.05) is 13.0 Å². The van der Waals surface area contributed by atoms with E-state index in [9.17, 15) is 14.6 Å². The van der Waals surface area contributed by atoms with Crippen molar-refractivity contribution in [2.75, 3.05) is 14.1 Å². The van der Waals surface area contributed by atoms with Crippen molar-refractivity contribution >= 4 is 18.2 Å². The van der Waals surface area contributed by atoms with Crippen molar-refractivity contribution in [3.63, 3.8) is 0 Å². The number of hydrogen-bond acceptors (Lipinski definition) is 6. The van der Waals surface area contributed by atoms with Gasteiger partial charge in [-0.05, 0) is 45.0 Å². The van der Waals surface area contributed by atoms with Gasteiger partial charge in [-0.25, -0.2) is 9.38 Å². The number of aliphatic hydroxyl groups is 2. The average Bonchev–Trinajstić information content (AvgIpc) is 3.25. The Morgan fingerprint density at radius 2 is 2.10 bits per heavy atom. The first kappa shape index (κ1) is 21.2. The maximum Gasteiger partial charge on any atom is 0.141 e. The van der Waals surface area contributed by atoms with Crippen molar-refractivity contribution in [1.29, 1.82) is 0 Å². The first-order chi connectivity index (χ1) is 13.9. The molecule has 3 N–H and O–H groups in total. The standard InChI is InChI=1S/C21H27FN4O3/c1-12(24-3)15-7-8-26(21(15)25-4)16-10-18(20(28)19(16)27)29-17-6-5-14(22)9-13(17)11-23-2/h5-9,16,18-20,23,27-28H,4,10-11H2,1-3H3/b24-12-/t16-,18+,19+,20-/m1/s1. The molecule has 1 heterocycles. The van der Waals surface area contributed by atoms with Crippen LogP contribution in [0.5, 0.6) is 5.75 Å². The molecule has 2 aromatic rings. The van der Waals surface area contributed by atoms with Gasteiger partial charge in [0.05, 0.1) is 6.04 Å². The third kappa shape index (κ3) is 4.10. The largest absolute Gasteiger partial charge is 0.487 e. The van der Waals surface area contributed by atoms with Crippen molar-refractivity contribution in [2.45, 2.75) is 44.2 Å². The van der Waals surface area contributed by atoms with Crippen LogP contribution in [0.1, 0.15) is 30.5 Å². The summed E-state index contributed by atoms with van der Waals surface area (Å²) < 4.78 is 21.4. The third-order valence-electron chi connectivity index (χ3n) is 5.39.